The number of hydrogen-bond acceptors (Lipinski definition) is 12. The number of hydrogen-bond donors (Lipinski definition) is 2. The largest absolute Gasteiger partial charge is 0.494 e. The third-order valence-corrected chi connectivity index (χ3v) is 8.50. The highest BCUT2D eigenvalue weighted by Gasteiger charge is 2.53. The summed E-state index contributed by atoms with van der Waals surface area (Å²) in [4.78, 5) is 33.6. The summed E-state index contributed by atoms with van der Waals surface area (Å²) in [5.41, 5.74) is 0.790. The van der Waals surface area contributed by atoms with Gasteiger partial charge in [0, 0.05) is 19.8 Å². The molecule has 232 valence electrons. The monoisotopic (exact) mass is 596 g/mol. The zero-order chi connectivity index (χ0) is 31.8. The lowest BCUT2D eigenvalue weighted by Crippen LogP contribution is -2.41. The van der Waals surface area contributed by atoms with Crippen LogP contribution in [0.1, 0.15) is 87.8 Å². The van der Waals surface area contributed by atoms with E-state index < -0.39 is 48.6 Å². The molecular formula is C29H42B2N4O8. The van der Waals surface area contributed by atoms with E-state index in [1.165, 1.54) is 14.2 Å². The lowest BCUT2D eigenvalue weighted by Gasteiger charge is -2.32. The van der Waals surface area contributed by atoms with E-state index in [-0.39, 0.29) is 11.4 Å². The van der Waals surface area contributed by atoms with Crippen LogP contribution in [0.25, 0.3) is 0 Å². The van der Waals surface area contributed by atoms with Crippen LogP contribution in [-0.2, 0) is 41.2 Å². The van der Waals surface area contributed by atoms with Gasteiger partial charge in [-0.1, -0.05) is 0 Å². The summed E-state index contributed by atoms with van der Waals surface area (Å²) in [7, 11) is 1.32. The van der Waals surface area contributed by atoms with Gasteiger partial charge in [0.15, 0.2) is 0 Å². The molecule has 2 saturated heterocycles. The third kappa shape index (κ3) is 7.11. The first-order valence-corrected chi connectivity index (χ1v) is 14.3. The lowest BCUT2D eigenvalue weighted by atomic mass is 9.78. The summed E-state index contributed by atoms with van der Waals surface area (Å²) in [6.07, 6.45) is 0. The molecule has 0 spiro atoms. The van der Waals surface area contributed by atoms with Crippen molar-refractivity contribution in [3.63, 3.8) is 0 Å². The smallest absolute Gasteiger partial charge is 0.464 e. The van der Waals surface area contributed by atoms with Crippen LogP contribution in [0.15, 0.2) is 24.3 Å². The molecule has 12 nitrogen and oxygen atoms in total. The second-order valence-electron chi connectivity index (χ2n) is 12.7. The van der Waals surface area contributed by atoms with E-state index >= 15 is 0 Å². The normalized spacial score (nSPS) is 19.9. The number of pyridine rings is 2. The first kappa shape index (κ1) is 33.0. The second-order valence-corrected chi connectivity index (χ2v) is 12.7. The Kier molecular flexibility index (Phi) is 9.42. The van der Waals surface area contributed by atoms with E-state index in [4.69, 9.17) is 28.1 Å². The van der Waals surface area contributed by atoms with Gasteiger partial charge in [0.05, 0.1) is 48.0 Å². The van der Waals surface area contributed by atoms with E-state index in [0.717, 1.165) is 0 Å². The summed E-state index contributed by atoms with van der Waals surface area (Å²) in [6, 6.07) is 6.96. The molecule has 0 bridgehead atoms. The molecule has 2 aromatic rings. The summed E-state index contributed by atoms with van der Waals surface area (Å²) < 4.78 is 34.5. The predicted molar refractivity (Wildman–Crippen MR) is 161 cm³/mol. The number of aromatic nitrogens is 2. The Balaban J connectivity index is 1.43. The molecule has 0 saturated carbocycles. The average Bonchev–Trinajstić information content (AvgIpc) is 3.30. The molecule has 4 rings (SSSR count). The number of rotatable bonds is 10. The van der Waals surface area contributed by atoms with Gasteiger partial charge in [-0.15, -0.1) is 0 Å². The molecule has 4 heterocycles. The van der Waals surface area contributed by atoms with Crippen LogP contribution in [0.3, 0.4) is 0 Å². The molecule has 0 aromatic carbocycles. The van der Waals surface area contributed by atoms with Crippen LogP contribution in [0.4, 0.5) is 0 Å². The minimum Gasteiger partial charge on any atom is -0.464 e. The van der Waals surface area contributed by atoms with Crippen molar-refractivity contribution >= 4 is 37.1 Å². The van der Waals surface area contributed by atoms with Crippen molar-refractivity contribution in [1.82, 2.24) is 20.6 Å². The van der Waals surface area contributed by atoms with Gasteiger partial charge in [-0.2, -0.15) is 0 Å². The minimum atomic E-state index is -0.653. The molecule has 0 radical (unpaired) electrons. The Hall–Kier alpha value is -2.87. The van der Waals surface area contributed by atoms with E-state index in [9.17, 15) is 9.59 Å². The summed E-state index contributed by atoms with van der Waals surface area (Å²) in [5.74, 6) is -1.10. The van der Waals surface area contributed by atoms with Crippen LogP contribution < -0.4 is 21.6 Å². The van der Waals surface area contributed by atoms with Gasteiger partial charge in [0.2, 0.25) is 0 Å². The quantitative estimate of drug-likeness (QED) is 0.178. The Morgan fingerprint density at radius 3 is 1.28 bits per heavy atom. The molecule has 2 aliphatic heterocycles. The maximum absolute atomic E-state index is 12.4. The highest BCUT2D eigenvalue weighted by Crippen LogP contribution is 2.37. The number of methoxy groups -OCH3 is 2. The average molecular weight is 596 g/mol. The molecule has 0 amide bonds. The third-order valence-electron chi connectivity index (χ3n) is 8.50. The predicted octanol–water partition coefficient (Wildman–Crippen LogP) is 1.49. The van der Waals surface area contributed by atoms with Crippen molar-refractivity contribution in [2.75, 3.05) is 20.9 Å². The van der Waals surface area contributed by atoms with Crippen molar-refractivity contribution in [2.45, 2.75) is 90.9 Å². The Bertz CT molecular complexity index is 1230. The fourth-order valence-corrected chi connectivity index (χ4v) is 4.52. The summed E-state index contributed by atoms with van der Waals surface area (Å²) >= 11 is 0. The number of ether oxygens (including phenoxy) is 2. The first-order valence-electron chi connectivity index (χ1n) is 14.3. The zero-order valence-corrected chi connectivity index (χ0v) is 26.7. The second kappa shape index (κ2) is 12.3. The van der Waals surface area contributed by atoms with E-state index in [1.807, 2.05) is 67.5 Å². The number of nitrogens with one attached hydrogen (secondary N) is 2. The van der Waals surface area contributed by atoms with Gasteiger partial charge < -0.3 is 28.1 Å². The standard InChI is InChI=1S/C29H42B2N4O8/c1-26(2)27(3,4)41-30(40-26)18-11-20(34-22(13-18)24(36)38-9)15-32-17-33-16-21-12-19(14-23(35-21)25(37)39-10)31-42-28(5,6)29(7,8)43-31/h11-14,32-33H,15-17H2,1-10H3. The molecule has 14 heteroatoms. The maximum Gasteiger partial charge on any atom is 0.494 e. The summed E-state index contributed by atoms with van der Waals surface area (Å²) in [5, 5.41) is 6.54. The highest BCUT2D eigenvalue weighted by molar-refractivity contribution is 6.62. The topological polar surface area (TPSA) is 139 Å². The van der Waals surface area contributed by atoms with Gasteiger partial charge >= 0.3 is 26.2 Å². The van der Waals surface area contributed by atoms with Crippen LogP contribution in [0.2, 0.25) is 0 Å². The van der Waals surface area contributed by atoms with Gasteiger partial charge in [0.1, 0.15) is 11.4 Å². The van der Waals surface area contributed by atoms with Crippen LogP contribution in [-0.4, -0.2) is 79.4 Å². The number of carbonyl (C=O) groups excluding carboxylic acids is 2. The molecule has 0 atom stereocenters. The van der Waals surface area contributed by atoms with Crippen molar-refractivity contribution < 1.29 is 37.7 Å². The lowest BCUT2D eigenvalue weighted by molar-refractivity contribution is 0.00578. The molecule has 0 aliphatic carbocycles. The van der Waals surface area contributed by atoms with E-state index in [2.05, 4.69) is 20.6 Å². The van der Waals surface area contributed by atoms with E-state index in [1.54, 1.807) is 12.1 Å². The van der Waals surface area contributed by atoms with Gasteiger partial charge in [-0.25, -0.2) is 19.6 Å². The van der Waals surface area contributed by atoms with Crippen LogP contribution in [0, 0.1) is 0 Å². The Morgan fingerprint density at radius 2 is 0.977 bits per heavy atom. The maximum atomic E-state index is 12.4. The van der Waals surface area contributed by atoms with Crippen molar-refractivity contribution in [3.05, 3.63) is 47.0 Å². The van der Waals surface area contributed by atoms with Gasteiger partial charge in [0.25, 0.3) is 0 Å². The number of esters is 2. The number of nitrogens with zero attached hydrogens (tertiary/aromatic N) is 2. The zero-order valence-electron chi connectivity index (χ0n) is 26.7. The first-order chi connectivity index (χ1) is 20.0. The molecule has 2 aromatic heterocycles. The number of carbonyl (C=O) groups is 2. The fraction of sp³-hybridized carbons (Fsp3) is 0.586. The SMILES string of the molecule is COC(=O)c1cc(B2OC(C)(C)C(C)(C)O2)cc(CNCNCc2cc(B3OC(C)(C)C(C)(C)O3)cc(C(=O)OC)n2)n1. The van der Waals surface area contributed by atoms with E-state index in [0.29, 0.717) is 42.1 Å². The molecular weight excluding hydrogens is 554 g/mol. The summed E-state index contributed by atoms with van der Waals surface area (Å²) in [6.45, 7) is 16.8. The molecule has 43 heavy (non-hydrogen) atoms. The van der Waals surface area contributed by atoms with Gasteiger partial charge in [-0.3, -0.25) is 10.6 Å². The fourth-order valence-electron chi connectivity index (χ4n) is 4.52. The van der Waals surface area contributed by atoms with Crippen LogP contribution >= 0.6 is 0 Å². The highest BCUT2D eigenvalue weighted by atomic mass is 16.7. The Morgan fingerprint density at radius 1 is 0.651 bits per heavy atom. The van der Waals surface area contributed by atoms with Crippen molar-refractivity contribution in [3.8, 4) is 0 Å². The van der Waals surface area contributed by atoms with Crippen LogP contribution in [0.5, 0.6) is 0 Å². The van der Waals surface area contributed by atoms with Crippen molar-refractivity contribution in [2.24, 2.45) is 0 Å². The Labute approximate surface area is 254 Å². The molecule has 2 N–H and O–H groups in total. The van der Waals surface area contributed by atoms with Gasteiger partial charge in [-0.05, 0) is 90.6 Å². The van der Waals surface area contributed by atoms with Crippen molar-refractivity contribution in [1.29, 1.82) is 0 Å². The minimum absolute atomic E-state index is 0.165. The molecule has 2 fully saturated rings. The molecule has 0 unspecified atom stereocenters. The molecule has 2 aliphatic rings.